The molecule has 1 atom stereocenters. The third-order valence-electron chi connectivity index (χ3n) is 7.94. The molecular weight excluding hydrogens is 410 g/mol. The van der Waals surface area contributed by atoms with Crippen molar-refractivity contribution in [2.45, 2.75) is 96.4 Å². The molecule has 0 bridgehead atoms. The summed E-state index contributed by atoms with van der Waals surface area (Å²) in [6, 6.07) is 1.66. The molecular formula is C25H38F2N4O. The van der Waals surface area contributed by atoms with E-state index in [-0.39, 0.29) is 29.0 Å². The summed E-state index contributed by atoms with van der Waals surface area (Å²) < 4.78 is 26.1. The molecule has 0 aromatic carbocycles. The largest absolute Gasteiger partial charge is 0.356 e. The van der Waals surface area contributed by atoms with Crippen molar-refractivity contribution in [2.24, 2.45) is 17.3 Å². The lowest BCUT2D eigenvalue weighted by molar-refractivity contribution is -0.128. The maximum Gasteiger partial charge on any atom is 0.280 e. The fourth-order valence-corrected chi connectivity index (χ4v) is 6.33. The summed E-state index contributed by atoms with van der Waals surface area (Å²) in [5.74, 6) is 1.72. The summed E-state index contributed by atoms with van der Waals surface area (Å²) in [5.41, 5.74) is -0.0521. The van der Waals surface area contributed by atoms with Crippen LogP contribution in [0.1, 0.15) is 96.1 Å². The van der Waals surface area contributed by atoms with Gasteiger partial charge in [0.1, 0.15) is 17.8 Å². The SMILES string of the molecule is CCCC(CC1CCCCC1)C(=O)NC1CC2(CCCN(c3cc(C(F)F)ncn3)C2)C1. The van der Waals surface area contributed by atoms with Crippen molar-refractivity contribution in [2.75, 3.05) is 18.0 Å². The lowest BCUT2D eigenvalue weighted by atomic mass is 9.61. The van der Waals surface area contributed by atoms with Crippen molar-refractivity contribution < 1.29 is 13.6 Å². The summed E-state index contributed by atoms with van der Waals surface area (Å²) >= 11 is 0. The molecule has 3 fully saturated rings. The van der Waals surface area contributed by atoms with Gasteiger partial charge in [-0.15, -0.1) is 0 Å². The Morgan fingerprint density at radius 2 is 2.00 bits per heavy atom. The Morgan fingerprint density at radius 3 is 2.72 bits per heavy atom. The quantitative estimate of drug-likeness (QED) is 0.557. The van der Waals surface area contributed by atoms with Crippen LogP contribution in [0.25, 0.3) is 0 Å². The molecule has 2 heterocycles. The Bertz CT molecular complexity index is 762. The summed E-state index contributed by atoms with van der Waals surface area (Å²) in [6.07, 6.45) is 12.4. The lowest BCUT2D eigenvalue weighted by Gasteiger charge is -2.53. The summed E-state index contributed by atoms with van der Waals surface area (Å²) in [6.45, 7) is 3.82. The van der Waals surface area contributed by atoms with Crippen molar-refractivity contribution in [1.82, 2.24) is 15.3 Å². The van der Waals surface area contributed by atoms with Gasteiger partial charge in [-0.25, -0.2) is 18.7 Å². The average Bonchev–Trinajstić information content (AvgIpc) is 2.78. The summed E-state index contributed by atoms with van der Waals surface area (Å²) in [5, 5.41) is 3.36. The number of nitrogens with zero attached hydrogens (tertiary/aromatic N) is 3. The third-order valence-corrected chi connectivity index (χ3v) is 7.94. The van der Waals surface area contributed by atoms with Crippen LogP contribution in [0, 0.1) is 17.3 Å². The number of nitrogens with one attached hydrogen (secondary N) is 1. The topological polar surface area (TPSA) is 58.1 Å². The third kappa shape index (κ3) is 5.57. The van der Waals surface area contributed by atoms with Gasteiger partial charge in [0.05, 0.1) is 0 Å². The lowest BCUT2D eigenvalue weighted by Crippen LogP contribution is -2.58. The molecule has 5 nitrogen and oxygen atoms in total. The van der Waals surface area contributed by atoms with E-state index in [1.807, 2.05) is 0 Å². The van der Waals surface area contributed by atoms with E-state index in [1.54, 1.807) is 0 Å². The Morgan fingerprint density at radius 1 is 1.22 bits per heavy atom. The zero-order chi connectivity index (χ0) is 22.6. The van der Waals surface area contributed by atoms with Gasteiger partial charge in [-0.1, -0.05) is 45.4 Å². The first-order chi connectivity index (χ1) is 15.5. The van der Waals surface area contributed by atoms with E-state index in [2.05, 4.69) is 27.1 Å². The summed E-state index contributed by atoms with van der Waals surface area (Å²) in [7, 11) is 0. The molecule has 1 amide bonds. The van der Waals surface area contributed by atoms with E-state index in [9.17, 15) is 13.6 Å². The predicted molar refractivity (Wildman–Crippen MR) is 122 cm³/mol. The van der Waals surface area contributed by atoms with Crippen molar-refractivity contribution in [3.05, 3.63) is 18.1 Å². The van der Waals surface area contributed by atoms with Gasteiger partial charge in [0.25, 0.3) is 6.43 Å². The Labute approximate surface area is 190 Å². The van der Waals surface area contributed by atoms with Crippen LogP contribution in [0.5, 0.6) is 0 Å². The van der Waals surface area contributed by atoms with Crippen LogP contribution in [-0.2, 0) is 4.79 Å². The van der Waals surface area contributed by atoms with Crippen LogP contribution >= 0.6 is 0 Å². The highest BCUT2D eigenvalue weighted by atomic mass is 19.3. The Balaban J connectivity index is 1.30. The number of alkyl halides is 2. The fraction of sp³-hybridized carbons (Fsp3) is 0.800. The van der Waals surface area contributed by atoms with Crippen molar-refractivity contribution in [1.29, 1.82) is 0 Å². The standard InChI is InChI=1S/C25H38F2N4O/c1-2-7-19(12-18-8-4-3-5-9-18)24(32)30-20-14-25(15-20)10-6-11-31(16-25)22-13-21(23(26)27)28-17-29-22/h13,17-20,23H,2-12,14-16H2,1H3,(H,30,32). The maximum absolute atomic E-state index is 13.1. The molecule has 32 heavy (non-hydrogen) atoms. The molecule has 1 aromatic heterocycles. The average molecular weight is 449 g/mol. The van der Waals surface area contributed by atoms with Crippen molar-refractivity contribution in [3.8, 4) is 0 Å². The second-order valence-electron chi connectivity index (χ2n) is 10.5. The maximum atomic E-state index is 13.1. The second kappa shape index (κ2) is 10.4. The minimum Gasteiger partial charge on any atom is -0.356 e. The molecule has 7 heteroatoms. The van der Waals surface area contributed by atoms with Gasteiger partial charge < -0.3 is 10.2 Å². The van der Waals surface area contributed by atoms with E-state index < -0.39 is 6.43 Å². The van der Waals surface area contributed by atoms with Crippen LogP contribution in [-0.4, -0.2) is 35.0 Å². The minimum atomic E-state index is -2.58. The molecule has 178 valence electrons. The van der Waals surface area contributed by atoms with Crippen LogP contribution in [0.2, 0.25) is 0 Å². The molecule has 4 rings (SSSR count). The van der Waals surface area contributed by atoms with E-state index in [0.29, 0.717) is 5.82 Å². The van der Waals surface area contributed by atoms with E-state index in [4.69, 9.17) is 0 Å². The van der Waals surface area contributed by atoms with Crippen LogP contribution in [0.15, 0.2) is 12.4 Å². The zero-order valence-corrected chi connectivity index (χ0v) is 19.4. The fourth-order valence-electron chi connectivity index (χ4n) is 6.33. The molecule has 1 saturated heterocycles. The smallest absolute Gasteiger partial charge is 0.280 e. The number of aromatic nitrogens is 2. The number of hydrogen-bond donors (Lipinski definition) is 1. The van der Waals surface area contributed by atoms with E-state index >= 15 is 0 Å². The van der Waals surface area contributed by atoms with E-state index in [0.717, 1.165) is 64.0 Å². The molecule has 0 radical (unpaired) electrons. The number of hydrogen-bond acceptors (Lipinski definition) is 4. The Kier molecular flexibility index (Phi) is 7.62. The van der Waals surface area contributed by atoms with Crippen molar-refractivity contribution in [3.63, 3.8) is 0 Å². The molecule has 1 aliphatic heterocycles. The normalized spacial score (nSPS) is 27.4. The van der Waals surface area contributed by atoms with E-state index in [1.165, 1.54) is 44.5 Å². The van der Waals surface area contributed by atoms with Crippen LogP contribution in [0.3, 0.4) is 0 Å². The molecule has 1 N–H and O–H groups in total. The number of rotatable bonds is 8. The summed E-state index contributed by atoms with van der Waals surface area (Å²) in [4.78, 5) is 23.1. The van der Waals surface area contributed by atoms with Gasteiger partial charge in [0, 0.05) is 31.1 Å². The number of anilines is 1. The minimum absolute atomic E-state index is 0.149. The van der Waals surface area contributed by atoms with Gasteiger partial charge in [0.15, 0.2) is 0 Å². The first-order valence-electron chi connectivity index (χ1n) is 12.6. The van der Waals surface area contributed by atoms with Gasteiger partial charge >= 0.3 is 0 Å². The molecule has 3 aliphatic rings. The number of amides is 1. The number of carbonyl (C=O) groups excluding carboxylic acids is 1. The predicted octanol–water partition coefficient (Wildman–Crippen LogP) is 5.67. The highest BCUT2D eigenvalue weighted by Crippen LogP contribution is 2.48. The zero-order valence-electron chi connectivity index (χ0n) is 19.4. The van der Waals surface area contributed by atoms with Gasteiger partial charge in [-0.3, -0.25) is 4.79 Å². The van der Waals surface area contributed by atoms with Crippen molar-refractivity contribution >= 4 is 11.7 Å². The van der Waals surface area contributed by atoms with Gasteiger partial charge in [-0.05, 0) is 49.9 Å². The van der Waals surface area contributed by atoms with Gasteiger partial charge in [-0.2, -0.15) is 0 Å². The number of carbonyl (C=O) groups is 1. The molecule has 1 aromatic rings. The second-order valence-corrected chi connectivity index (χ2v) is 10.5. The molecule has 1 unspecified atom stereocenters. The highest BCUT2D eigenvalue weighted by Gasteiger charge is 2.47. The molecule has 2 saturated carbocycles. The first-order valence-corrected chi connectivity index (χ1v) is 12.6. The molecule has 2 aliphatic carbocycles. The van der Waals surface area contributed by atoms with Crippen LogP contribution < -0.4 is 10.2 Å². The highest BCUT2D eigenvalue weighted by molar-refractivity contribution is 5.79. The monoisotopic (exact) mass is 448 g/mol. The van der Waals surface area contributed by atoms with Crippen LogP contribution in [0.4, 0.5) is 14.6 Å². The van der Waals surface area contributed by atoms with Gasteiger partial charge in [0.2, 0.25) is 5.91 Å². The molecule has 1 spiro atoms. The number of piperidine rings is 1. The number of halogens is 2. The Hall–Kier alpha value is -1.79. The first kappa shape index (κ1) is 23.4.